The molecule has 140 valence electrons. The smallest absolute Gasteiger partial charge is 0.326 e. The first-order valence-electron chi connectivity index (χ1n) is 7.79. The Morgan fingerprint density at radius 3 is 2.42 bits per heavy atom. The minimum Gasteiger partial charge on any atom is -0.492 e. The van der Waals surface area contributed by atoms with E-state index in [0.717, 1.165) is 35.1 Å². The van der Waals surface area contributed by atoms with Crippen molar-refractivity contribution in [3.8, 4) is 5.75 Å². The van der Waals surface area contributed by atoms with E-state index in [-0.39, 0.29) is 17.6 Å². The number of amides is 2. The predicted molar refractivity (Wildman–Crippen MR) is 117 cm³/mol. The first-order chi connectivity index (χ1) is 12.2. The monoisotopic (exact) mass is 601 g/mol. The third-order valence-electron chi connectivity index (χ3n) is 3.13. The van der Waals surface area contributed by atoms with Crippen molar-refractivity contribution in [2.45, 2.75) is 26.9 Å². The summed E-state index contributed by atoms with van der Waals surface area (Å²) in [6.07, 6.45) is 1.35. The van der Waals surface area contributed by atoms with Gasteiger partial charge in [0.25, 0.3) is 11.1 Å². The van der Waals surface area contributed by atoms with E-state index >= 15 is 0 Å². The molecule has 2 amide bonds. The molecule has 0 saturated carbocycles. The number of rotatable bonds is 6. The lowest BCUT2D eigenvalue weighted by Gasteiger charge is -2.13. The van der Waals surface area contributed by atoms with Crippen molar-refractivity contribution in [2.24, 2.45) is 0 Å². The second-order valence-electron chi connectivity index (χ2n) is 5.55. The van der Waals surface area contributed by atoms with Crippen LogP contribution in [0.15, 0.2) is 17.0 Å². The fourth-order valence-electron chi connectivity index (χ4n) is 2.16. The van der Waals surface area contributed by atoms with Gasteiger partial charge in [-0.15, -0.1) is 0 Å². The molecule has 1 saturated heterocycles. The second-order valence-corrected chi connectivity index (χ2v) is 8.87. The van der Waals surface area contributed by atoms with Crippen LogP contribution in [0, 0.1) is 7.14 Å². The molecule has 1 fully saturated rings. The molecule has 0 aromatic heterocycles. The highest BCUT2D eigenvalue weighted by Gasteiger charge is 2.36. The van der Waals surface area contributed by atoms with E-state index in [0.29, 0.717) is 6.61 Å². The van der Waals surface area contributed by atoms with E-state index < -0.39 is 17.1 Å². The van der Waals surface area contributed by atoms with Crippen molar-refractivity contribution in [1.82, 2.24) is 4.90 Å². The Morgan fingerprint density at radius 2 is 1.88 bits per heavy atom. The lowest BCUT2D eigenvalue weighted by atomic mass is 10.2. The van der Waals surface area contributed by atoms with Gasteiger partial charge in [-0.2, -0.15) is 0 Å². The van der Waals surface area contributed by atoms with Crippen molar-refractivity contribution < 1.29 is 23.9 Å². The molecule has 1 aromatic carbocycles. The van der Waals surface area contributed by atoms with Gasteiger partial charge in [-0.3, -0.25) is 19.3 Å². The Hall–Kier alpha value is -0.820. The summed E-state index contributed by atoms with van der Waals surface area (Å²) in [5.41, 5.74) is 0.789. The van der Waals surface area contributed by atoms with E-state index in [1.54, 1.807) is 19.9 Å². The molecule has 1 heterocycles. The Bertz CT molecular complexity index is 755. The average molecular weight is 601 g/mol. The van der Waals surface area contributed by atoms with Crippen LogP contribution in [0.25, 0.3) is 6.08 Å². The van der Waals surface area contributed by atoms with Crippen molar-refractivity contribution in [1.29, 1.82) is 0 Å². The number of carbonyl (C=O) groups is 3. The number of imide groups is 1. The van der Waals surface area contributed by atoms with Gasteiger partial charge in [-0.05, 0) is 101 Å². The van der Waals surface area contributed by atoms with Crippen molar-refractivity contribution in [2.75, 3.05) is 13.2 Å². The summed E-state index contributed by atoms with van der Waals surface area (Å²) in [6, 6.07) is 3.77. The second kappa shape index (κ2) is 9.40. The van der Waals surface area contributed by atoms with Crippen molar-refractivity contribution in [3.05, 3.63) is 29.7 Å². The summed E-state index contributed by atoms with van der Waals surface area (Å²) in [4.78, 5) is 37.5. The fourth-order valence-corrected chi connectivity index (χ4v) is 5.13. The summed E-state index contributed by atoms with van der Waals surface area (Å²) in [5, 5.41) is -0.475. The zero-order valence-corrected chi connectivity index (χ0v) is 19.5. The zero-order valence-electron chi connectivity index (χ0n) is 14.4. The summed E-state index contributed by atoms with van der Waals surface area (Å²) in [5.74, 6) is -0.288. The topological polar surface area (TPSA) is 72.9 Å². The van der Waals surface area contributed by atoms with Gasteiger partial charge in [0.1, 0.15) is 12.3 Å². The summed E-state index contributed by atoms with van der Waals surface area (Å²) < 4.78 is 12.4. The van der Waals surface area contributed by atoms with E-state index in [1.807, 2.05) is 19.1 Å². The number of thioether (sulfide) groups is 1. The number of halogens is 2. The van der Waals surface area contributed by atoms with Crippen LogP contribution in [-0.2, 0) is 14.3 Å². The van der Waals surface area contributed by atoms with Gasteiger partial charge in [0.2, 0.25) is 0 Å². The summed E-state index contributed by atoms with van der Waals surface area (Å²) in [7, 11) is 0. The molecule has 0 spiro atoms. The normalized spacial score (nSPS) is 15.9. The van der Waals surface area contributed by atoms with E-state index in [4.69, 9.17) is 9.47 Å². The highest BCUT2D eigenvalue weighted by Crippen LogP contribution is 2.34. The molecule has 0 atom stereocenters. The number of nitrogens with zero attached hydrogens (tertiary/aromatic N) is 1. The van der Waals surface area contributed by atoms with Crippen LogP contribution in [-0.4, -0.2) is 41.3 Å². The molecular weight excluding hydrogens is 584 g/mol. The largest absolute Gasteiger partial charge is 0.492 e. The number of carbonyl (C=O) groups excluding carboxylic acids is 3. The standard InChI is InChI=1S/C17H17I2NO5S/c1-4-24-15-11(18)5-10(6-12(15)19)7-13-16(22)20(17(23)26-13)8-14(21)25-9(2)3/h5-7,9H,4,8H2,1-3H3/b13-7-. The van der Waals surface area contributed by atoms with Gasteiger partial charge < -0.3 is 9.47 Å². The van der Waals surface area contributed by atoms with Crippen LogP contribution in [0.3, 0.4) is 0 Å². The molecule has 0 bridgehead atoms. The maximum Gasteiger partial charge on any atom is 0.326 e. The Labute approximate surface area is 183 Å². The third kappa shape index (κ3) is 5.35. The van der Waals surface area contributed by atoms with Crippen LogP contribution in [0.2, 0.25) is 0 Å². The van der Waals surface area contributed by atoms with Gasteiger partial charge >= 0.3 is 5.97 Å². The SMILES string of the molecule is CCOc1c(I)cc(/C=C2\SC(=O)N(CC(=O)OC(C)C)C2=O)cc1I. The van der Waals surface area contributed by atoms with Crippen LogP contribution in [0.4, 0.5) is 4.79 Å². The molecule has 26 heavy (non-hydrogen) atoms. The molecular formula is C17H17I2NO5S. The van der Waals surface area contributed by atoms with E-state index in [2.05, 4.69) is 45.2 Å². The van der Waals surface area contributed by atoms with Crippen LogP contribution >= 0.6 is 56.9 Å². The van der Waals surface area contributed by atoms with Crippen LogP contribution in [0.1, 0.15) is 26.3 Å². The molecule has 2 rings (SSSR count). The lowest BCUT2D eigenvalue weighted by Crippen LogP contribution is -2.35. The Kier molecular flexibility index (Phi) is 7.76. The van der Waals surface area contributed by atoms with E-state index in [9.17, 15) is 14.4 Å². The molecule has 6 nitrogen and oxygen atoms in total. The van der Waals surface area contributed by atoms with Gasteiger partial charge in [0.15, 0.2) is 0 Å². The van der Waals surface area contributed by atoms with Crippen molar-refractivity contribution in [3.63, 3.8) is 0 Å². The Morgan fingerprint density at radius 1 is 1.27 bits per heavy atom. The number of benzene rings is 1. The molecule has 0 unspecified atom stereocenters. The highest BCUT2D eigenvalue weighted by molar-refractivity contribution is 14.1. The van der Waals surface area contributed by atoms with Crippen molar-refractivity contribution >= 4 is 80.1 Å². The molecule has 1 aliphatic rings. The van der Waals surface area contributed by atoms with Gasteiger partial charge in [0, 0.05) is 0 Å². The number of esters is 1. The maximum atomic E-state index is 12.5. The summed E-state index contributed by atoms with van der Waals surface area (Å²) >= 11 is 5.16. The highest BCUT2D eigenvalue weighted by atomic mass is 127. The predicted octanol–water partition coefficient (Wildman–Crippen LogP) is 4.28. The van der Waals surface area contributed by atoms with Crippen LogP contribution in [0.5, 0.6) is 5.75 Å². The van der Waals surface area contributed by atoms with Gasteiger partial charge in [0.05, 0.1) is 24.8 Å². The molecule has 0 radical (unpaired) electrons. The number of hydrogen-bond acceptors (Lipinski definition) is 6. The van der Waals surface area contributed by atoms with E-state index in [1.165, 1.54) is 0 Å². The minimum absolute atomic E-state index is 0.281. The third-order valence-corrected chi connectivity index (χ3v) is 5.64. The van der Waals surface area contributed by atoms with Gasteiger partial charge in [-0.1, -0.05) is 0 Å². The molecule has 1 aromatic rings. The maximum absolute atomic E-state index is 12.5. The van der Waals surface area contributed by atoms with Crippen LogP contribution < -0.4 is 4.74 Å². The molecule has 1 aliphatic heterocycles. The zero-order chi connectivity index (χ0) is 19.4. The minimum atomic E-state index is -0.603. The lowest BCUT2D eigenvalue weighted by molar-refractivity contribution is -0.149. The molecule has 0 N–H and O–H groups in total. The molecule has 0 aliphatic carbocycles. The first kappa shape index (κ1) is 21.5. The number of ether oxygens (including phenoxy) is 2. The first-order valence-corrected chi connectivity index (χ1v) is 10.8. The average Bonchev–Trinajstić information content (AvgIpc) is 2.78. The molecule has 9 heteroatoms. The number of hydrogen-bond donors (Lipinski definition) is 0. The Balaban J connectivity index is 2.21. The summed E-state index contributed by atoms with van der Waals surface area (Å²) in [6.45, 7) is 5.52. The van der Waals surface area contributed by atoms with Gasteiger partial charge in [-0.25, -0.2) is 0 Å². The quantitative estimate of drug-likeness (QED) is 0.276. The fraction of sp³-hybridized carbons (Fsp3) is 0.353.